The van der Waals surface area contributed by atoms with Crippen LogP contribution in [0.2, 0.25) is 0 Å². The highest BCUT2D eigenvalue weighted by Gasteiger charge is 2.21. The van der Waals surface area contributed by atoms with Crippen LogP contribution in [0.5, 0.6) is 0 Å². The molecule has 0 radical (unpaired) electrons. The number of furan rings is 1. The van der Waals surface area contributed by atoms with Crippen molar-refractivity contribution in [2.45, 2.75) is 0 Å². The van der Waals surface area contributed by atoms with E-state index in [-0.39, 0.29) is 0 Å². The summed E-state index contributed by atoms with van der Waals surface area (Å²) in [7, 11) is 0. The summed E-state index contributed by atoms with van der Waals surface area (Å²) in [6.07, 6.45) is 0. The van der Waals surface area contributed by atoms with Crippen molar-refractivity contribution in [3.05, 3.63) is 249 Å². The first-order valence-electron chi connectivity index (χ1n) is 21.9. The molecule has 0 spiro atoms. The predicted molar refractivity (Wildman–Crippen MR) is 271 cm³/mol. The van der Waals surface area contributed by atoms with E-state index in [1.54, 1.807) is 0 Å². The molecule has 0 N–H and O–H groups in total. The average molecular weight is 816 g/mol. The Kier molecular flexibility index (Phi) is 9.20. The molecule has 0 saturated carbocycles. The van der Waals surface area contributed by atoms with Crippen LogP contribution >= 0.6 is 0 Å². The second kappa shape index (κ2) is 15.8. The second-order valence-corrected chi connectivity index (χ2v) is 16.4. The van der Waals surface area contributed by atoms with Gasteiger partial charge in [0, 0.05) is 33.4 Å². The molecule has 2 nitrogen and oxygen atoms in total. The molecule has 0 aliphatic heterocycles. The van der Waals surface area contributed by atoms with Crippen molar-refractivity contribution in [2.75, 3.05) is 4.90 Å². The third-order valence-corrected chi connectivity index (χ3v) is 12.7. The Labute approximate surface area is 372 Å². The van der Waals surface area contributed by atoms with E-state index in [9.17, 15) is 0 Å². The molecule has 0 aliphatic carbocycles. The lowest BCUT2D eigenvalue weighted by Crippen LogP contribution is -2.10. The molecule has 0 amide bonds. The number of hydrogen-bond acceptors (Lipinski definition) is 2. The maximum Gasteiger partial charge on any atom is 0.143 e. The molecule has 11 aromatic carbocycles. The summed E-state index contributed by atoms with van der Waals surface area (Å²) in [5.41, 5.74) is 16.8. The zero-order valence-corrected chi connectivity index (χ0v) is 35.0. The molecule has 1 heterocycles. The standard InChI is InChI=1S/C62H41NO/c1-4-15-42(16-5-1)43-27-29-44(30-28-43)45-31-35-49(36-32-45)63(50-37-33-46(34-38-50)52-24-14-25-57-55-22-12-13-26-59(55)64-62(52)57)51-39-40-54-53-21-10-11-23-56(53)60(47-17-6-2-7-18-47)61(58(54)41-51)48-19-8-3-9-20-48/h1-41H. The van der Waals surface area contributed by atoms with Crippen LogP contribution in [0.25, 0.3) is 99.1 Å². The maximum absolute atomic E-state index is 6.48. The summed E-state index contributed by atoms with van der Waals surface area (Å²) in [5.74, 6) is 0. The fraction of sp³-hybridized carbons (Fsp3) is 0. The minimum atomic E-state index is 0.901. The Balaban J connectivity index is 1.03. The molecule has 300 valence electrons. The molecular formula is C62H41NO. The normalized spacial score (nSPS) is 11.4. The quantitative estimate of drug-likeness (QED) is 0.142. The monoisotopic (exact) mass is 815 g/mol. The SMILES string of the molecule is c1ccc(-c2ccc(-c3ccc(N(c4ccc(-c5cccc6c5oc5ccccc56)cc4)c4ccc5c(c4)c(-c4ccccc4)c(-c4ccccc4)c4ccccc45)cc3)cc2)cc1. The second-order valence-electron chi connectivity index (χ2n) is 16.4. The molecule has 1 aromatic heterocycles. The minimum Gasteiger partial charge on any atom is -0.455 e. The fourth-order valence-corrected chi connectivity index (χ4v) is 9.63. The Morgan fingerprint density at radius 3 is 1.28 bits per heavy atom. The van der Waals surface area contributed by atoms with Crippen molar-refractivity contribution in [3.8, 4) is 55.6 Å². The first kappa shape index (κ1) is 37.3. The smallest absolute Gasteiger partial charge is 0.143 e. The van der Waals surface area contributed by atoms with Crippen molar-refractivity contribution in [1.82, 2.24) is 0 Å². The van der Waals surface area contributed by atoms with Crippen molar-refractivity contribution >= 4 is 60.5 Å². The number of benzene rings is 11. The van der Waals surface area contributed by atoms with Gasteiger partial charge in [0.25, 0.3) is 0 Å². The van der Waals surface area contributed by atoms with E-state index in [2.05, 4.69) is 241 Å². The van der Waals surface area contributed by atoms with Gasteiger partial charge in [0.1, 0.15) is 11.2 Å². The Bertz CT molecular complexity index is 3610. The number of fused-ring (bicyclic) bond motifs is 6. The van der Waals surface area contributed by atoms with Gasteiger partial charge in [0.2, 0.25) is 0 Å². The number of hydrogen-bond donors (Lipinski definition) is 0. The lowest BCUT2D eigenvalue weighted by molar-refractivity contribution is 0.670. The van der Waals surface area contributed by atoms with E-state index in [4.69, 9.17) is 4.42 Å². The highest BCUT2D eigenvalue weighted by Crippen LogP contribution is 2.47. The van der Waals surface area contributed by atoms with Crippen molar-refractivity contribution in [1.29, 1.82) is 0 Å². The predicted octanol–water partition coefficient (Wildman–Crippen LogP) is 17.7. The van der Waals surface area contributed by atoms with Crippen LogP contribution in [0, 0.1) is 0 Å². The molecule has 0 aliphatic rings. The minimum absolute atomic E-state index is 0.901. The van der Waals surface area contributed by atoms with Crippen molar-refractivity contribution in [3.63, 3.8) is 0 Å². The van der Waals surface area contributed by atoms with Gasteiger partial charge >= 0.3 is 0 Å². The number of rotatable bonds is 8. The topological polar surface area (TPSA) is 16.4 Å². The summed E-state index contributed by atoms with van der Waals surface area (Å²) in [5, 5.41) is 7.16. The summed E-state index contributed by atoms with van der Waals surface area (Å²) >= 11 is 0. The van der Waals surface area contributed by atoms with Crippen LogP contribution in [-0.4, -0.2) is 0 Å². The van der Waals surface area contributed by atoms with Gasteiger partial charge in [-0.3, -0.25) is 0 Å². The van der Waals surface area contributed by atoms with Gasteiger partial charge < -0.3 is 9.32 Å². The molecule has 2 heteroatoms. The van der Waals surface area contributed by atoms with Crippen LogP contribution in [0.3, 0.4) is 0 Å². The average Bonchev–Trinajstić information content (AvgIpc) is 3.76. The van der Waals surface area contributed by atoms with Gasteiger partial charge in [-0.15, -0.1) is 0 Å². The summed E-state index contributed by atoms with van der Waals surface area (Å²) in [6.45, 7) is 0. The van der Waals surface area contributed by atoms with Crippen LogP contribution in [0.15, 0.2) is 253 Å². The van der Waals surface area contributed by atoms with Crippen LogP contribution in [0.4, 0.5) is 17.1 Å². The van der Waals surface area contributed by atoms with Gasteiger partial charge in [-0.2, -0.15) is 0 Å². The van der Waals surface area contributed by atoms with E-state index < -0.39 is 0 Å². The van der Waals surface area contributed by atoms with E-state index in [0.29, 0.717) is 0 Å². The molecule has 64 heavy (non-hydrogen) atoms. The fourth-order valence-electron chi connectivity index (χ4n) is 9.63. The summed E-state index contributed by atoms with van der Waals surface area (Å²) in [6, 6.07) is 89.6. The largest absolute Gasteiger partial charge is 0.455 e. The zero-order valence-electron chi connectivity index (χ0n) is 35.0. The van der Waals surface area contributed by atoms with Gasteiger partial charge in [-0.05, 0) is 114 Å². The molecule has 0 atom stereocenters. The molecule has 0 saturated heterocycles. The first-order valence-corrected chi connectivity index (χ1v) is 21.9. The van der Waals surface area contributed by atoms with Crippen LogP contribution < -0.4 is 4.90 Å². The van der Waals surface area contributed by atoms with E-state index in [1.165, 1.54) is 66.1 Å². The summed E-state index contributed by atoms with van der Waals surface area (Å²) in [4.78, 5) is 2.39. The molecular weight excluding hydrogens is 775 g/mol. The van der Waals surface area contributed by atoms with Crippen LogP contribution in [0.1, 0.15) is 0 Å². The zero-order chi connectivity index (χ0) is 42.4. The van der Waals surface area contributed by atoms with Gasteiger partial charge in [0.05, 0.1) is 0 Å². The Morgan fingerprint density at radius 2 is 0.672 bits per heavy atom. The third-order valence-electron chi connectivity index (χ3n) is 12.7. The molecule has 0 unspecified atom stereocenters. The van der Waals surface area contributed by atoms with E-state index in [1.807, 2.05) is 12.1 Å². The Hall–Kier alpha value is -8.46. The van der Waals surface area contributed by atoms with Crippen molar-refractivity contribution < 1.29 is 4.42 Å². The first-order chi connectivity index (χ1) is 31.7. The molecule has 12 rings (SSSR count). The van der Waals surface area contributed by atoms with Gasteiger partial charge in [-0.1, -0.05) is 206 Å². The lowest BCUT2D eigenvalue weighted by atomic mass is 9.85. The highest BCUT2D eigenvalue weighted by atomic mass is 16.3. The van der Waals surface area contributed by atoms with E-state index in [0.717, 1.165) is 50.1 Å². The molecule has 0 fully saturated rings. The molecule has 0 bridgehead atoms. The summed E-state index contributed by atoms with van der Waals surface area (Å²) < 4.78 is 6.48. The highest BCUT2D eigenvalue weighted by molar-refractivity contribution is 6.22. The number of para-hydroxylation sites is 2. The van der Waals surface area contributed by atoms with Gasteiger partial charge in [0.15, 0.2) is 0 Å². The maximum atomic E-state index is 6.48. The third kappa shape index (κ3) is 6.52. The van der Waals surface area contributed by atoms with Crippen molar-refractivity contribution in [2.24, 2.45) is 0 Å². The van der Waals surface area contributed by atoms with Crippen LogP contribution in [-0.2, 0) is 0 Å². The molecule has 12 aromatic rings. The Morgan fingerprint density at radius 1 is 0.250 bits per heavy atom. The number of nitrogens with zero attached hydrogens (tertiary/aromatic N) is 1. The number of anilines is 3. The lowest BCUT2D eigenvalue weighted by Gasteiger charge is -2.27. The van der Waals surface area contributed by atoms with E-state index >= 15 is 0 Å². The van der Waals surface area contributed by atoms with Gasteiger partial charge in [-0.25, -0.2) is 0 Å².